The summed E-state index contributed by atoms with van der Waals surface area (Å²) >= 11 is 1.25. The third-order valence-electron chi connectivity index (χ3n) is 4.35. The third-order valence-corrected chi connectivity index (χ3v) is 7.25. The molecular formula is C20H24N6O2S2. The molecule has 0 aliphatic rings. The number of aromatic amines is 1. The van der Waals surface area contributed by atoms with Gasteiger partial charge in [0, 0.05) is 28.6 Å². The van der Waals surface area contributed by atoms with Crippen LogP contribution in [-0.4, -0.2) is 40.1 Å². The van der Waals surface area contributed by atoms with Gasteiger partial charge in [-0.2, -0.15) is 9.97 Å². The van der Waals surface area contributed by atoms with Gasteiger partial charge in [-0.15, -0.1) is 11.3 Å². The van der Waals surface area contributed by atoms with Gasteiger partial charge >= 0.3 is 0 Å². The molecule has 0 aliphatic heterocycles. The molecule has 1 aromatic carbocycles. The van der Waals surface area contributed by atoms with Crippen molar-refractivity contribution in [2.24, 2.45) is 0 Å². The molecule has 0 bridgehead atoms. The minimum atomic E-state index is -3.23. The minimum Gasteiger partial charge on any atom is -0.364 e. The quantitative estimate of drug-likeness (QED) is 0.416. The van der Waals surface area contributed by atoms with Crippen molar-refractivity contribution in [1.82, 2.24) is 19.9 Å². The molecule has 8 nitrogen and oxygen atoms in total. The second-order valence-electron chi connectivity index (χ2n) is 8.22. The first-order valence-electron chi connectivity index (χ1n) is 9.57. The number of fused-ring (bicyclic) bond motifs is 2. The van der Waals surface area contributed by atoms with E-state index in [-0.39, 0.29) is 5.54 Å². The lowest BCUT2D eigenvalue weighted by Gasteiger charge is -2.21. The molecule has 0 aliphatic carbocycles. The van der Waals surface area contributed by atoms with E-state index in [1.807, 2.05) is 25.1 Å². The van der Waals surface area contributed by atoms with E-state index in [0.717, 1.165) is 33.5 Å². The van der Waals surface area contributed by atoms with Crippen molar-refractivity contribution in [2.75, 3.05) is 16.9 Å². The van der Waals surface area contributed by atoms with Crippen LogP contribution in [0.5, 0.6) is 0 Å². The topological polar surface area (TPSA) is 113 Å². The van der Waals surface area contributed by atoms with Crippen LogP contribution < -0.4 is 10.6 Å². The fourth-order valence-electron chi connectivity index (χ4n) is 3.01. The van der Waals surface area contributed by atoms with Gasteiger partial charge in [-0.05, 0) is 44.4 Å². The molecule has 4 aromatic rings. The maximum Gasteiger partial charge on any atom is 0.231 e. The molecule has 4 rings (SSSR count). The zero-order valence-corrected chi connectivity index (χ0v) is 19.1. The summed E-state index contributed by atoms with van der Waals surface area (Å²) in [5, 5.41) is 7.53. The zero-order chi connectivity index (χ0) is 21.7. The van der Waals surface area contributed by atoms with Gasteiger partial charge in [0.15, 0.2) is 21.3 Å². The number of imidazole rings is 1. The van der Waals surface area contributed by atoms with Crippen molar-refractivity contribution in [3.8, 4) is 0 Å². The maximum atomic E-state index is 11.8. The van der Waals surface area contributed by atoms with E-state index in [4.69, 9.17) is 0 Å². The van der Waals surface area contributed by atoms with Crippen LogP contribution in [0.2, 0.25) is 0 Å². The van der Waals surface area contributed by atoms with Crippen molar-refractivity contribution in [3.63, 3.8) is 0 Å². The second kappa shape index (κ2) is 7.21. The standard InChI is InChI=1S/C20H24N6O2S2/c1-6-14-22-16-17(23-14)24-19(25-18(16)26-20(2,3)4)21-12-8-7-11-9-15(30(5,27)28)29-13(11)10-12/h7-10H,6H2,1-5H3,(H3,21,22,23,24,25,26). The van der Waals surface area contributed by atoms with Crippen molar-refractivity contribution in [1.29, 1.82) is 0 Å². The smallest absolute Gasteiger partial charge is 0.231 e. The van der Waals surface area contributed by atoms with Gasteiger partial charge in [-0.3, -0.25) is 0 Å². The zero-order valence-electron chi connectivity index (χ0n) is 17.5. The summed E-state index contributed by atoms with van der Waals surface area (Å²) in [5.74, 6) is 1.95. The van der Waals surface area contributed by atoms with Gasteiger partial charge in [0.05, 0.1) is 0 Å². The molecule has 3 aromatic heterocycles. The van der Waals surface area contributed by atoms with Gasteiger partial charge < -0.3 is 15.6 Å². The molecule has 0 saturated heterocycles. The molecule has 158 valence electrons. The highest BCUT2D eigenvalue weighted by atomic mass is 32.2. The van der Waals surface area contributed by atoms with Crippen LogP contribution >= 0.6 is 11.3 Å². The lowest BCUT2D eigenvalue weighted by molar-refractivity contribution is 0.604. The molecule has 0 atom stereocenters. The number of hydrogen-bond acceptors (Lipinski definition) is 8. The maximum absolute atomic E-state index is 11.8. The Balaban J connectivity index is 1.74. The lowest BCUT2D eigenvalue weighted by atomic mass is 10.1. The van der Waals surface area contributed by atoms with E-state index in [0.29, 0.717) is 21.6 Å². The van der Waals surface area contributed by atoms with Crippen LogP contribution in [0.1, 0.15) is 33.5 Å². The van der Waals surface area contributed by atoms with E-state index >= 15 is 0 Å². The van der Waals surface area contributed by atoms with Gasteiger partial charge in [-0.1, -0.05) is 13.0 Å². The van der Waals surface area contributed by atoms with Crippen molar-refractivity contribution >= 4 is 59.9 Å². The SMILES string of the molecule is CCc1nc2nc(Nc3ccc4cc(S(C)(=O)=O)sc4c3)nc(NC(C)(C)C)c2[nH]1. The molecule has 0 amide bonds. The first kappa shape index (κ1) is 20.5. The summed E-state index contributed by atoms with van der Waals surface area (Å²) in [6.45, 7) is 8.22. The van der Waals surface area contributed by atoms with Crippen LogP contribution in [0.4, 0.5) is 17.5 Å². The largest absolute Gasteiger partial charge is 0.364 e. The lowest BCUT2D eigenvalue weighted by Crippen LogP contribution is -2.27. The van der Waals surface area contributed by atoms with Gasteiger partial charge in [-0.25, -0.2) is 13.4 Å². The molecule has 3 N–H and O–H groups in total. The molecule has 0 saturated carbocycles. The van der Waals surface area contributed by atoms with Crippen LogP contribution in [0, 0.1) is 0 Å². The Labute approximate surface area is 179 Å². The Bertz CT molecular complexity index is 1350. The van der Waals surface area contributed by atoms with E-state index in [1.165, 1.54) is 17.6 Å². The van der Waals surface area contributed by atoms with Gasteiger partial charge in [0.1, 0.15) is 15.6 Å². The predicted octanol–water partition coefficient (Wildman–Crippen LogP) is 4.49. The Morgan fingerprint density at radius 2 is 1.90 bits per heavy atom. The number of benzene rings is 1. The number of nitrogens with one attached hydrogen (secondary N) is 3. The normalized spacial score (nSPS) is 12.6. The summed E-state index contributed by atoms with van der Waals surface area (Å²) in [6, 6.07) is 7.37. The molecular weight excluding hydrogens is 420 g/mol. The summed E-state index contributed by atoms with van der Waals surface area (Å²) < 4.78 is 24.9. The molecule has 0 fully saturated rings. The number of aryl methyl sites for hydroxylation is 1. The molecule has 0 radical (unpaired) electrons. The molecule has 3 heterocycles. The number of sulfone groups is 1. The van der Waals surface area contributed by atoms with E-state index < -0.39 is 9.84 Å². The van der Waals surface area contributed by atoms with E-state index in [1.54, 1.807) is 6.07 Å². The fraction of sp³-hybridized carbons (Fsp3) is 0.350. The highest BCUT2D eigenvalue weighted by Gasteiger charge is 2.18. The van der Waals surface area contributed by atoms with E-state index in [2.05, 4.69) is 51.3 Å². The average molecular weight is 445 g/mol. The van der Waals surface area contributed by atoms with Crippen molar-refractivity contribution in [3.05, 3.63) is 30.1 Å². The monoisotopic (exact) mass is 444 g/mol. The molecule has 0 spiro atoms. The highest BCUT2D eigenvalue weighted by Crippen LogP contribution is 2.32. The number of aromatic nitrogens is 4. The minimum absolute atomic E-state index is 0.187. The summed E-state index contributed by atoms with van der Waals surface area (Å²) in [5.41, 5.74) is 1.96. The fourth-order valence-corrected chi connectivity index (χ4v) is 5.06. The van der Waals surface area contributed by atoms with Crippen LogP contribution in [0.25, 0.3) is 21.3 Å². The molecule has 10 heteroatoms. The van der Waals surface area contributed by atoms with E-state index in [9.17, 15) is 8.42 Å². The molecule has 0 unspecified atom stereocenters. The number of nitrogens with zero attached hydrogens (tertiary/aromatic N) is 3. The third kappa shape index (κ3) is 4.24. The Morgan fingerprint density at radius 3 is 2.57 bits per heavy atom. The summed E-state index contributed by atoms with van der Waals surface area (Å²) in [6.07, 6.45) is 1.99. The average Bonchev–Trinajstić information content (AvgIpc) is 3.23. The van der Waals surface area contributed by atoms with Crippen LogP contribution in [0.15, 0.2) is 28.5 Å². The number of rotatable bonds is 5. The number of H-pyrrole nitrogens is 1. The van der Waals surface area contributed by atoms with Crippen LogP contribution in [0.3, 0.4) is 0 Å². The number of hydrogen-bond donors (Lipinski definition) is 3. The summed E-state index contributed by atoms with van der Waals surface area (Å²) in [4.78, 5) is 17.1. The number of anilines is 3. The van der Waals surface area contributed by atoms with Gasteiger partial charge in [0.2, 0.25) is 5.95 Å². The second-order valence-corrected chi connectivity index (χ2v) is 11.5. The Kier molecular flexibility index (Phi) is 4.94. The predicted molar refractivity (Wildman–Crippen MR) is 123 cm³/mol. The van der Waals surface area contributed by atoms with Crippen molar-refractivity contribution < 1.29 is 8.42 Å². The Hall–Kier alpha value is -2.72. The summed E-state index contributed by atoms with van der Waals surface area (Å²) in [7, 11) is -3.23. The highest BCUT2D eigenvalue weighted by molar-refractivity contribution is 7.92. The van der Waals surface area contributed by atoms with Crippen molar-refractivity contribution in [2.45, 2.75) is 43.9 Å². The molecule has 30 heavy (non-hydrogen) atoms. The Morgan fingerprint density at radius 1 is 1.13 bits per heavy atom. The number of thiophene rings is 1. The first-order valence-corrected chi connectivity index (χ1v) is 12.3. The van der Waals surface area contributed by atoms with Gasteiger partial charge in [0.25, 0.3) is 0 Å². The first-order chi connectivity index (χ1) is 14.0. The van der Waals surface area contributed by atoms with Crippen LogP contribution in [-0.2, 0) is 16.3 Å².